The Bertz CT molecular complexity index is 391. The van der Waals surface area contributed by atoms with E-state index in [9.17, 15) is 5.11 Å². The van der Waals surface area contributed by atoms with Crippen LogP contribution in [0.3, 0.4) is 0 Å². The van der Waals surface area contributed by atoms with Gasteiger partial charge in [-0.2, -0.15) is 0 Å². The van der Waals surface area contributed by atoms with Crippen LogP contribution in [0.4, 0.5) is 0 Å². The summed E-state index contributed by atoms with van der Waals surface area (Å²) in [6, 6.07) is 10.0. The molecule has 2 rings (SSSR count). The highest BCUT2D eigenvalue weighted by molar-refractivity contribution is 5.13. The van der Waals surface area contributed by atoms with Crippen LogP contribution in [0.2, 0.25) is 0 Å². The molecule has 0 spiro atoms. The van der Waals surface area contributed by atoms with Gasteiger partial charge in [0.2, 0.25) is 0 Å². The fourth-order valence-corrected chi connectivity index (χ4v) is 2.28. The molecule has 0 unspecified atom stereocenters. The summed E-state index contributed by atoms with van der Waals surface area (Å²) in [6.45, 7) is 5.47. The van der Waals surface area contributed by atoms with Gasteiger partial charge in [-0.15, -0.1) is 0 Å². The standard InChI is InChI=1S/C16H24O4/c1-16(2)19-12-15(20-16)10-14(17)8-9-18-11-13-6-4-3-5-7-13/h3-7,14-15,17H,8-12H2,1-2H3/t14-,15-/m0/s1. The predicted octanol–water partition coefficient (Wildman–Crippen LogP) is 2.50. The molecule has 112 valence electrons. The normalized spacial score (nSPS) is 22.9. The molecule has 4 heteroatoms. The Kier molecular flexibility index (Phi) is 5.54. The van der Waals surface area contributed by atoms with Gasteiger partial charge < -0.3 is 19.3 Å². The summed E-state index contributed by atoms with van der Waals surface area (Å²) >= 11 is 0. The van der Waals surface area contributed by atoms with Crippen molar-refractivity contribution in [2.45, 2.75) is 51.3 Å². The highest BCUT2D eigenvalue weighted by Gasteiger charge is 2.33. The Labute approximate surface area is 120 Å². The van der Waals surface area contributed by atoms with Crippen LogP contribution in [-0.4, -0.2) is 36.3 Å². The summed E-state index contributed by atoms with van der Waals surface area (Å²) in [4.78, 5) is 0. The third kappa shape index (κ3) is 5.21. The first-order chi connectivity index (χ1) is 9.55. The number of benzene rings is 1. The summed E-state index contributed by atoms with van der Waals surface area (Å²) in [7, 11) is 0. The van der Waals surface area contributed by atoms with Crippen molar-refractivity contribution in [2.75, 3.05) is 13.2 Å². The Morgan fingerprint density at radius 3 is 2.75 bits per heavy atom. The summed E-state index contributed by atoms with van der Waals surface area (Å²) in [6.07, 6.45) is 0.785. The van der Waals surface area contributed by atoms with E-state index in [0.717, 1.165) is 5.56 Å². The zero-order chi connectivity index (χ0) is 14.4. The average Bonchev–Trinajstić information content (AvgIpc) is 2.75. The molecule has 1 aliphatic heterocycles. The zero-order valence-electron chi connectivity index (χ0n) is 12.2. The average molecular weight is 280 g/mol. The lowest BCUT2D eigenvalue weighted by atomic mass is 10.1. The number of hydrogen-bond donors (Lipinski definition) is 1. The largest absolute Gasteiger partial charge is 0.393 e. The molecule has 0 bridgehead atoms. The maximum atomic E-state index is 9.96. The van der Waals surface area contributed by atoms with Gasteiger partial charge in [-0.25, -0.2) is 0 Å². The molecule has 1 N–H and O–H groups in total. The summed E-state index contributed by atoms with van der Waals surface area (Å²) in [5, 5.41) is 9.96. The maximum Gasteiger partial charge on any atom is 0.163 e. The molecule has 2 atom stereocenters. The zero-order valence-corrected chi connectivity index (χ0v) is 12.2. The van der Waals surface area contributed by atoms with Gasteiger partial charge in [-0.05, 0) is 25.8 Å². The SMILES string of the molecule is CC1(C)OC[C@H](C[C@@H](O)CCOCc2ccccc2)O1. The monoisotopic (exact) mass is 280 g/mol. The number of aliphatic hydroxyl groups is 1. The molecule has 1 heterocycles. The highest BCUT2D eigenvalue weighted by Crippen LogP contribution is 2.25. The first-order valence-corrected chi connectivity index (χ1v) is 7.17. The highest BCUT2D eigenvalue weighted by atomic mass is 16.7. The van der Waals surface area contributed by atoms with Gasteiger partial charge in [0.25, 0.3) is 0 Å². The van der Waals surface area contributed by atoms with Crippen LogP contribution in [-0.2, 0) is 20.8 Å². The van der Waals surface area contributed by atoms with E-state index in [1.54, 1.807) is 0 Å². The molecule has 0 aromatic heterocycles. The molecule has 1 saturated heterocycles. The number of rotatable bonds is 7. The number of hydrogen-bond acceptors (Lipinski definition) is 4. The van der Waals surface area contributed by atoms with Crippen LogP contribution in [0, 0.1) is 0 Å². The lowest BCUT2D eigenvalue weighted by Crippen LogP contribution is -2.24. The first-order valence-electron chi connectivity index (χ1n) is 7.17. The van der Waals surface area contributed by atoms with Crippen LogP contribution in [0.1, 0.15) is 32.3 Å². The first kappa shape index (κ1) is 15.4. The number of ether oxygens (including phenoxy) is 3. The molecule has 20 heavy (non-hydrogen) atoms. The van der Waals surface area contributed by atoms with E-state index in [1.165, 1.54) is 0 Å². The van der Waals surface area contributed by atoms with E-state index in [4.69, 9.17) is 14.2 Å². The minimum atomic E-state index is -0.520. The summed E-state index contributed by atoms with van der Waals surface area (Å²) < 4.78 is 16.7. The quantitative estimate of drug-likeness (QED) is 0.780. The third-order valence-electron chi connectivity index (χ3n) is 3.31. The van der Waals surface area contributed by atoms with E-state index in [-0.39, 0.29) is 6.10 Å². The lowest BCUT2D eigenvalue weighted by molar-refractivity contribution is -0.141. The second kappa shape index (κ2) is 7.18. The van der Waals surface area contributed by atoms with E-state index in [2.05, 4.69) is 0 Å². The van der Waals surface area contributed by atoms with Gasteiger partial charge in [0.1, 0.15) is 0 Å². The van der Waals surface area contributed by atoms with Gasteiger partial charge >= 0.3 is 0 Å². The maximum absolute atomic E-state index is 9.96. The van der Waals surface area contributed by atoms with Gasteiger partial charge in [-0.3, -0.25) is 0 Å². The Hall–Kier alpha value is -0.940. The molecule has 1 aliphatic rings. The number of aliphatic hydroxyl groups excluding tert-OH is 1. The molecule has 0 radical (unpaired) electrons. The topological polar surface area (TPSA) is 47.9 Å². The summed E-state index contributed by atoms with van der Waals surface area (Å²) in [5.74, 6) is -0.520. The molecule has 0 amide bonds. The molecule has 4 nitrogen and oxygen atoms in total. The smallest absolute Gasteiger partial charge is 0.163 e. The fourth-order valence-electron chi connectivity index (χ4n) is 2.28. The minimum Gasteiger partial charge on any atom is -0.393 e. The third-order valence-corrected chi connectivity index (χ3v) is 3.31. The van der Waals surface area contributed by atoms with Gasteiger partial charge in [0, 0.05) is 13.0 Å². The molecule has 1 aromatic rings. The predicted molar refractivity (Wildman–Crippen MR) is 76.2 cm³/mol. The van der Waals surface area contributed by atoms with E-state index < -0.39 is 11.9 Å². The van der Waals surface area contributed by atoms with Crippen molar-refractivity contribution in [1.82, 2.24) is 0 Å². The molecule has 1 aromatic carbocycles. The van der Waals surface area contributed by atoms with Gasteiger partial charge in [-0.1, -0.05) is 30.3 Å². The molecule has 0 saturated carbocycles. The Balaban J connectivity index is 1.58. The van der Waals surface area contributed by atoms with E-state index in [1.807, 2.05) is 44.2 Å². The van der Waals surface area contributed by atoms with Crippen molar-refractivity contribution >= 4 is 0 Å². The molecule has 1 fully saturated rings. The van der Waals surface area contributed by atoms with Gasteiger partial charge in [0.05, 0.1) is 25.4 Å². The minimum absolute atomic E-state index is 0.0193. The van der Waals surface area contributed by atoms with Crippen molar-refractivity contribution in [2.24, 2.45) is 0 Å². The van der Waals surface area contributed by atoms with Crippen LogP contribution in [0.25, 0.3) is 0 Å². The van der Waals surface area contributed by atoms with Crippen molar-refractivity contribution in [3.8, 4) is 0 Å². The van der Waals surface area contributed by atoms with Crippen LogP contribution in [0.5, 0.6) is 0 Å². The van der Waals surface area contributed by atoms with Crippen molar-refractivity contribution < 1.29 is 19.3 Å². The van der Waals surface area contributed by atoms with E-state index >= 15 is 0 Å². The van der Waals surface area contributed by atoms with Crippen LogP contribution >= 0.6 is 0 Å². The molecular formula is C16H24O4. The Morgan fingerprint density at radius 2 is 2.10 bits per heavy atom. The van der Waals surface area contributed by atoms with E-state index in [0.29, 0.717) is 32.7 Å². The molecule has 0 aliphatic carbocycles. The molecular weight excluding hydrogens is 256 g/mol. The van der Waals surface area contributed by atoms with Crippen molar-refractivity contribution in [3.63, 3.8) is 0 Å². The van der Waals surface area contributed by atoms with Crippen LogP contribution < -0.4 is 0 Å². The summed E-state index contributed by atoms with van der Waals surface area (Å²) in [5.41, 5.74) is 1.15. The lowest BCUT2D eigenvalue weighted by Gasteiger charge is -2.18. The Morgan fingerprint density at radius 1 is 1.35 bits per heavy atom. The van der Waals surface area contributed by atoms with Crippen molar-refractivity contribution in [3.05, 3.63) is 35.9 Å². The fraction of sp³-hybridized carbons (Fsp3) is 0.625. The second-order valence-corrected chi connectivity index (χ2v) is 5.67. The second-order valence-electron chi connectivity index (χ2n) is 5.67. The van der Waals surface area contributed by atoms with Gasteiger partial charge in [0.15, 0.2) is 5.79 Å². The van der Waals surface area contributed by atoms with Crippen molar-refractivity contribution in [1.29, 1.82) is 0 Å². The van der Waals surface area contributed by atoms with Crippen LogP contribution in [0.15, 0.2) is 30.3 Å².